The van der Waals surface area contributed by atoms with Crippen molar-refractivity contribution in [3.05, 3.63) is 16.0 Å². The fourth-order valence-corrected chi connectivity index (χ4v) is 3.57. The lowest BCUT2D eigenvalue weighted by atomic mass is 10.1. The van der Waals surface area contributed by atoms with Gasteiger partial charge in [0.05, 0.1) is 30.1 Å². The molecule has 1 aromatic rings. The van der Waals surface area contributed by atoms with Crippen LogP contribution >= 0.6 is 11.3 Å². The molecule has 0 bridgehead atoms. The molecule has 150 valence electrons. The van der Waals surface area contributed by atoms with Gasteiger partial charge in [-0.15, -0.1) is 11.3 Å². The Morgan fingerprint density at radius 2 is 1.74 bits per heavy atom. The molecule has 1 rings (SSSR count). The Morgan fingerprint density at radius 3 is 2.26 bits per heavy atom. The molecule has 2 amide bonds. The molecular weight excluding hydrogens is 370 g/mol. The van der Waals surface area contributed by atoms with Gasteiger partial charge in [-0.05, 0) is 47.2 Å². The summed E-state index contributed by atoms with van der Waals surface area (Å²) in [5, 5.41) is 5.69. The Kier molecular flexibility index (Phi) is 8.58. The van der Waals surface area contributed by atoms with E-state index in [2.05, 4.69) is 10.6 Å². The first-order chi connectivity index (χ1) is 12.6. The van der Waals surface area contributed by atoms with Crippen LogP contribution in [0.25, 0.3) is 0 Å². The van der Waals surface area contributed by atoms with E-state index in [1.807, 2.05) is 13.8 Å². The SMILES string of the molecule is CCOC(=O)c1c(NC(=O)CN(C)CC(=O)NC(C)C)sc(C(C)=O)c1C. The van der Waals surface area contributed by atoms with Gasteiger partial charge in [-0.1, -0.05) is 0 Å². The highest BCUT2D eigenvalue weighted by atomic mass is 32.1. The summed E-state index contributed by atoms with van der Waals surface area (Å²) in [4.78, 5) is 50.1. The summed E-state index contributed by atoms with van der Waals surface area (Å²) in [7, 11) is 1.65. The van der Waals surface area contributed by atoms with Crippen LogP contribution in [0.5, 0.6) is 0 Å². The van der Waals surface area contributed by atoms with E-state index in [1.54, 1.807) is 25.8 Å². The number of hydrogen-bond donors (Lipinski definition) is 2. The number of carbonyl (C=O) groups is 4. The van der Waals surface area contributed by atoms with Gasteiger partial charge < -0.3 is 15.4 Å². The van der Waals surface area contributed by atoms with Gasteiger partial charge in [0.25, 0.3) is 0 Å². The molecule has 0 aliphatic rings. The standard InChI is InChI=1S/C18H27N3O5S/c1-7-26-18(25)15-11(4)16(12(5)22)27-17(15)20-14(24)9-21(6)8-13(23)19-10(2)3/h10H,7-9H2,1-6H3,(H,19,23)(H,20,24). The van der Waals surface area contributed by atoms with Gasteiger partial charge in [0.2, 0.25) is 11.8 Å². The van der Waals surface area contributed by atoms with Crippen molar-refractivity contribution in [3.63, 3.8) is 0 Å². The monoisotopic (exact) mass is 397 g/mol. The molecule has 0 fully saturated rings. The summed E-state index contributed by atoms with van der Waals surface area (Å²) in [5.74, 6) is -1.35. The molecule has 0 aromatic carbocycles. The third-order valence-electron chi connectivity index (χ3n) is 3.48. The summed E-state index contributed by atoms with van der Waals surface area (Å²) in [6.07, 6.45) is 0. The van der Waals surface area contributed by atoms with Crippen LogP contribution in [0, 0.1) is 6.92 Å². The first-order valence-electron chi connectivity index (χ1n) is 8.65. The summed E-state index contributed by atoms with van der Waals surface area (Å²) >= 11 is 1.05. The zero-order chi connectivity index (χ0) is 20.7. The minimum absolute atomic E-state index is 0.0194. The number of hydrogen-bond acceptors (Lipinski definition) is 7. The van der Waals surface area contributed by atoms with Gasteiger partial charge in [-0.2, -0.15) is 0 Å². The average molecular weight is 397 g/mol. The molecule has 27 heavy (non-hydrogen) atoms. The number of Topliss-reactive ketones (excluding diaryl/α,β-unsaturated/α-hetero) is 1. The first kappa shape index (κ1) is 22.8. The number of thiophene rings is 1. The number of amides is 2. The largest absolute Gasteiger partial charge is 0.462 e. The number of esters is 1. The topological polar surface area (TPSA) is 105 Å². The fraction of sp³-hybridized carbons (Fsp3) is 0.556. The lowest BCUT2D eigenvalue weighted by molar-refractivity contribution is -0.123. The predicted molar refractivity (Wildman–Crippen MR) is 104 cm³/mol. The van der Waals surface area contributed by atoms with E-state index in [9.17, 15) is 19.2 Å². The van der Waals surface area contributed by atoms with Gasteiger partial charge in [0.15, 0.2) is 5.78 Å². The number of ether oxygens (including phenoxy) is 1. The Bertz CT molecular complexity index is 727. The van der Waals surface area contributed by atoms with Crippen LogP contribution in [-0.4, -0.2) is 61.3 Å². The van der Waals surface area contributed by atoms with E-state index in [0.717, 1.165) is 11.3 Å². The third-order valence-corrected chi connectivity index (χ3v) is 4.78. The molecule has 2 N–H and O–H groups in total. The Hall–Kier alpha value is -2.26. The van der Waals surface area contributed by atoms with Crippen molar-refractivity contribution in [1.29, 1.82) is 0 Å². The molecular formula is C18H27N3O5S. The summed E-state index contributed by atoms with van der Waals surface area (Å²) in [6.45, 7) is 8.66. The normalized spacial score (nSPS) is 10.8. The van der Waals surface area contributed by atoms with Gasteiger partial charge in [0, 0.05) is 6.04 Å². The quantitative estimate of drug-likeness (QED) is 0.487. The summed E-state index contributed by atoms with van der Waals surface area (Å²) < 4.78 is 5.04. The highest BCUT2D eigenvalue weighted by Gasteiger charge is 2.25. The van der Waals surface area contributed by atoms with E-state index in [-0.39, 0.29) is 48.0 Å². The first-order valence-corrected chi connectivity index (χ1v) is 9.47. The van der Waals surface area contributed by atoms with Gasteiger partial charge in [-0.25, -0.2) is 4.79 Å². The van der Waals surface area contributed by atoms with Crippen molar-refractivity contribution in [2.45, 2.75) is 40.7 Å². The average Bonchev–Trinajstić information content (AvgIpc) is 2.82. The minimum atomic E-state index is -0.585. The second-order valence-corrected chi connectivity index (χ2v) is 7.50. The van der Waals surface area contributed by atoms with Crippen LogP contribution in [0.4, 0.5) is 5.00 Å². The number of rotatable bonds is 9. The zero-order valence-corrected chi connectivity index (χ0v) is 17.4. The van der Waals surface area contributed by atoms with Crippen LogP contribution in [0.1, 0.15) is 53.3 Å². The van der Waals surface area contributed by atoms with Gasteiger partial charge >= 0.3 is 5.97 Å². The molecule has 8 nitrogen and oxygen atoms in total. The van der Waals surface area contributed by atoms with Crippen LogP contribution in [-0.2, 0) is 14.3 Å². The third kappa shape index (κ3) is 6.76. The van der Waals surface area contributed by atoms with Crippen LogP contribution in [0.15, 0.2) is 0 Å². The minimum Gasteiger partial charge on any atom is -0.462 e. The molecule has 0 saturated carbocycles. The van der Waals surface area contributed by atoms with Crippen molar-refractivity contribution in [2.24, 2.45) is 0 Å². The highest BCUT2D eigenvalue weighted by Crippen LogP contribution is 2.34. The lowest BCUT2D eigenvalue weighted by Gasteiger charge is -2.17. The molecule has 1 heterocycles. The zero-order valence-electron chi connectivity index (χ0n) is 16.6. The number of ketones is 1. The molecule has 0 aliphatic carbocycles. The molecule has 1 aromatic heterocycles. The molecule has 0 atom stereocenters. The van der Waals surface area contributed by atoms with Crippen LogP contribution in [0.3, 0.4) is 0 Å². The number of carbonyl (C=O) groups excluding carboxylic acids is 4. The van der Waals surface area contributed by atoms with E-state index >= 15 is 0 Å². The molecule has 0 radical (unpaired) electrons. The second kappa shape index (κ2) is 10.2. The Labute approximate surface area is 163 Å². The van der Waals surface area contributed by atoms with Crippen molar-refractivity contribution in [1.82, 2.24) is 10.2 Å². The number of likely N-dealkylation sites (N-methyl/N-ethyl adjacent to an activating group) is 1. The smallest absolute Gasteiger partial charge is 0.341 e. The predicted octanol–water partition coefficient (Wildman–Crippen LogP) is 1.83. The number of nitrogens with zero attached hydrogens (tertiary/aromatic N) is 1. The van der Waals surface area contributed by atoms with Crippen molar-refractivity contribution >= 4 is 39.9 Å². The lowest BCUT2D eigenvalue weighted by Crippen LogP contribution is -2.41. The molecule has 0 spiro atoms. The molecule has 0 saturated heterocycles. The van der Waals surface area contributed by atoms with Crippen molar-refractivity contribution in [2.75, 3.05) is 32.1 Å². The fourth-order valence-electron chi connectivity index (χ4n) is 2.47. The maximum atomic E-state index is 12.3. The van der Waals surface area contributed by atoms with E-state index < -0.39 is 11.9 Å². The highest BCUT2D eigenvalue weighted by molar-refractivity contribution is 7.18. The van der Waals surface area contributed by atoms with Crippen molar-refractivity contribution < 1.29 is 23.9 Å². The van der Waals surface area contributed by atoms with E-state index in [0.29, 0.717) is 10.4 Å². The molecule has 0 aliphatic heterocycles. The van der Waals surface area contributed by atoms with Gasteiger partial charge in [0.1, 0.15) is 5.00 Å². The molecule has 9 heteroatoms. The molecule has 0 unspecified atom stereocenters. The van der Waals surface area contributed by atoms with Crippen molar-refractivity contribution in [3.8, 4) is 0 Å². The maximum Gasteiger partial charge on any atom is 0.341 e. The Morgan fingerprint density at radius 1 is 1.15 bits per heavy atom. The van der Waals surface area contributed by atoms with Gasteiger partial charge in [-0.3, -0.25) is 19.3 Å². The maximum absolute atomic E-state index is 12.3. The second-order valence-electron chi connectivity index (χ2n) is 6.48. The number of anilines is 1. The van der Waals surface area contributed by atoms with E-state index in [1.165, 1.54) is 6.92 Å². The van der Waals surface area contributed by atoms with Crippen LogP contribution in [0.2, 0.25) is 0 Å². The number of nitrogens with one attached hydrogen (secondary N) is 2. The Balaban J connectivity index is 2.89. The summed E-state index contributed by atoms with van der Waals surface area (Å²) in [5.41, 5.74) is 0.687. The van der Waals surface area contributed by atoms with E-state index in [4.69, 9.17) is 4.74 Å². The van der Waals surface area contributed by atoms with Crippen LogP contribution < -0.4 is 10.6 Å². The summed E-state index contributed by atoms with van der Waals surface area (Å²) in [6, 6.07) is 0.0194.